The number of hydrogen-bond acceptors (Lipinski definition) is 5. The van der Waals surface area contributed by atoms with Crippen LogP contribution in [0.25, 0.3) is 0 Å². The van der Waals surface area contributed by atoms with Crippen molar-refractivity contribution in [2.75, 3.05) is 18.0 Å². The van der Waals surface area contributed by atoms with Crippen LogP contribution in [0.4, 0.5) is 5.82 Å². The molecule has 1 amide bonds. The van der Waals surface area contributed by atoms with E-state index in [9.17, 15) is 10.1 Å². The largest absolute Gasteiger partial charge is 0.353 e. The monoisotopic (exact) mass is 352 g/mol. The average molecular weight is 352 g/mol. The number of rotatable bonds is 3. The van der Waals surface area contributed by atoms with Crippen LogP contribution in [0.1, 0.15) is 45.8 Å². The van der Waals surface area contributed by atoms with Gasteiger partial charge in [0.1, 0.15) is 17.6 Å². The molecule has 2 aromatic rings. The van der Waals surface area contributed by atoms with Crippen LogP contribution >= 0.6 is 0 Å². The molecular formula is C19H24N6O. The molecule has 7 heteroatoms. The third-order valence-corrected chi connectivity index (χ3v) is 4.84. The lowest BCUT2D eigenvalue weighted by Gasteiger charge is -2.34. The smallest absolute Gasteiger partial charge is 0.272 e. The number of carbonyl (C=O) groups excluding carboxylic acids is 1. The van der Waals surface area contributed by atoms with Gasteiger partial charge in [-0.1, -0.05) is 0 Å². The van der Waals surface area contributed by atoms with E-state index in [0.29, 0.717) is 17.8 Å². The molecule has 7 nitrogen and oxygen atoms in total. The summed E-state index contributed by atoms with van der Waals surface area (Å²) < 4.78 is 1.70. The number of carbonyl (C=O) groups is 1. The van der Waals surface area contributed by atoms with Crippen LogP contribution in [0.2, 0.25) is 0 Å². The summed E-state index contributed by atoms with van der Waals surface area (Å²) in [6, 6.07) is 5.99. The van der Waals surface area contributed by atoms with Crippen LogP contribution in [0.5, 0.6) is 0 Å². The molecule has 3 heterocycles. The fourth-order valence-electron chi connectivity index (χ4n) is 3.40. The van der Waals surface area contributed by atoms with Gasteiger partial charge in [0.05, 0.1) is 5.56 Å². The molecule has 1 unspecified atom stereocenters. The van der Waals surface area contributed by atoms with Crippen molar-refractivity contribution >= 4 is 11.7 Å². The standard InChI is InChI=1S/C19H24N6O/c1-12-8-13(2)21-18(16(12)10-20)25-7-5-6-15(11-25)22-19(26)17-9-14(3)24(4)23-17/h8-9,15H,5-7,11H2,1-4H3,(H,22,26). The maximum absolute atomic E-state index is 12.5. The molecule has 1 fully saturated rings. The minimum Gasteiger partial charge on any atom is -0.353 e. The molecule has 0 aliphatic carbocycles. The molecule has 26 heavy (non-hydrogen) atoms. The highest BCUT2D eigenvalue weighted by Crippen LogP contribution is 2.25. The summed E-state index contributed by atoms with van der Waals surface area (Å²) in [5, 5.41) is 16.8. The summed E-state index contributed by atoms with van der Waals surface area (Å²) in [5.41, 5.74) is 3.82. The van der Waals surface area contributed by atoms with Crippen LogP contribution in [-0.2, 0) is 7.05 Å². The quantitative estimate of drug-likeness (QED) is 0.913. The van der Waals surface area contributed by atoms with Gasteiger partial charge in [-0.3, -0.25) is 9.48 Å². The molecule has 0 bridgehead atoms. The van der Waals surface area contributed by atoms with Gasteiger partial charge in [0.25, 0.3) is 5.91 Å². The van der Waals surface area contributed by atoms with E-state index >= 15 is 0 Å². The molecule has 1 aliphatic rings. The Morgan fingerprint density at radius 1 is 1.35 bits per heavy atom. The zero-order valence-electron chi connectivity index (χ0n) is 15.7. The van der Waals surface area contributed by atoms with Crippen LogP contribution in [0.15, 0.2) is 12.1 Å². The number of nitrogens with one attached hydrogen (secondary N) is 1. The highest BCUT2D eigenvalue weighted by molar-refractivity contribution is 5.92. The van der Waals surface area contributed by atoms with E-state index in [2.05, 4.69) is 26.4 Å². The molecule has 1 atom stereocenters. The van der Waals surface area contributed by atoms with Gasteiger partial charge in [-0.05, 0) is 51.3 Å². The Morgan fingerprint density at radius 2 is 2.12 bits per heavy atom. The van der Waals surface area contributed by atoms with Crippen molar-refractivity contribution in [3.63, 3.8) is 0 Å². The second kappa shape index (κ2) is 7.16. The van der Waals surface area contributed by atoms with Crippen molar-refractivity contribution in [1.29, 1.82) is 5.26 Å². The number of pyridine rings is 1. The maximum Gasteiger partial charge on any atom is 0.272 e. The van der Waals surface area contributed by atoms with Crippen molar-refractivity contribution in [3.05, 3.63) is 40.3 Å². The second-order valence-corrected chi connectivity index (χ2v) is 6.94. The Bertz CT molecular complexity index is 859. The summed E-state index contributed by atoms with van der Waals surface area (Å²) in [6.45, 7) is 7.26. The van der Waals surface area contributed by atoms with Crippen molar-refractivity contribution in [3.8, 4) is 6.07 Å². The van der Waals surface area contributed by atoms with E-state index in [1.807, 2.05) is 33.9 Å². The van der Waals surface area contributed by atoms with Crippen LogP contribution in [-0.4, -0.2) is 39.8 Å². The van der Waals surface area contributed by atoms with Crippen molar-refractivity contribution in [2.45, 2.75) is 39.7 Å². The van der Waals surface area contributed by atoms with E-state index in [4.69, 9.17) is 0 Å². The fourth-order valence-corrected chi connectivity index (χ4v) is 3.40. The molecule has 0 aromatic carbocycles. The van der Waals surface area contributed by atoms with Crippen molar-refractivity contribution in [2.24, 2.45) is 7.05 Å². The molecular weight excluding hydrogens is 328 g/mol. The van der Waals surface area contributed by atoms with Gasteiger partial charge in [0, 0.05) is 37.6 Å². The van der Waals surface area contributed by atoms with E-state index < -0.39 is 0 Å². The highest BCUT2D eigenvalue weighted by atomic mass is 16.2. The number of piperidine rings is 1. The Labute approximate surface area is 153 Å². The van der Waals surface area contributed by atoms with Gasteiger partial charge in [-0.2, -0.15) is 10.4 Å². The zero-order chi connectivity index (χ0) is 18.8. The lowest BCUT2D eigenvalue weighted by molar-refractivity contribution is 0.0927. The van der Waals surface area contributed by atoms with Crippen LogP contribution in [0, 0.1) is 32.1 Å². The first-order valence-electron chi connectivity index (χ1n) is 8.84. The van der Waals surface area contributed by atoms with E-state index in [1.165, 1.54) is 0 Å². The lowest BCUT2D eigenvalue weighted by atomic mass is 10.0. The summed E-state index contributed by atoms with van der Waals surface area (Å²) >= 11 is 0. The number of amides is 1. The van der Waals surface area contributed by atoms with Gasteiger partial charge in [-0.15, -0.1) is 0 Å². The van der Waals surface area contributed by atoms with Crippen LogP contribution < -0.4 is 10.2 Å². The Hall–Kier alpha value is -2.88. The fraction of sp³-hybridized carbons (Fsp3) is 0.474. The number of aromatic nitrogens is 3. The Kier molecular flexibility index (Phi) is 4.94. The molecule has 0 radical (unpaired) electrons. The number of hydrogen-bond donors (Lipinski definition) is 1. The lowest BCUT2D eigenvalue weighted by Crippen LogP contribution is -2.48. The van der Waals surface area contributed by atoms with Crippen molar-refractivity contribution < 1.29 is 4.79 Å². The normalized spacial score (nSPS) is 17.0. The molecule has 2 aromatic heterocycles. The average Bonchev–Trinajstić information content (AvgIpc) is 2.94. The number of anilines is 1. The number of aryl methyl sites for hydroxylation is 4. The zero-order valence-corrected chi connectivity index (χ0v) is 15.7. The SMILES string of the molecule is Cc1cc(C)c(C#N)c(N2CCCC(NC(=O)c3cc(C)n(C)n3)C2)n1. The van der Waals surface area contributed by atoms with E-state index in [0.717, 1.165) is 42.2 Å². The third-order valence-electron chi connectivity index (χ3n) is 4.84. The predicted octanol–water partition coefficient (Wildman–Crippen LogP) is 2.01. The molecule has 0 spiro atoms. The summed E-state index contributed by atoms with van der Waals surface area (Å²) in [6.07, 6.45) is 1.84. The number of nitriles is 1. The summed E-state index contributed by atoms with van der Waals surface area (Å²) in [5.74, 6) is 0.562. The Morgan fingerprint density at radius 3 is 2.77 bits per heavy atom. The topological polar surface area (TPSA) is 86.8 Å². The summed E-state index contributed by atoms with van der Waals surface area (Å²) in [7, 11) is 1.82. The third kappa shape index (κ3) is 3.54. The molecule has 3 rings (SSSR count). The first-order valence-corrected chi connectivity index (χ1v) is 8.84. The van der Waals surface area contributed by atoms with Gasteiger partial charge in [0.2, 0.25) is 0 Å². The molecule has 1 aliphatic heterocycles. The second-order valence-electron chi connectivity index (χ2n) is 6.94. The summed E-state index contributed by atoms with van der Waals surface area (Å²) in [4.78, 5) is 19.2. The molecule has 0 saturated carbocycles. The van der Waals surface area contributed by atoms with Gasteiger partial charge >= 0.3 is 0 Å². The Balaban J connectivity index is 1.76. The number of nitrogens with zero attached hydrogens (tertiary/aromatic N) is 5. The molecule has 1 N–H and O–H groups in total. The molecule has 1 saturated heterocycles. The minimum absolute atomic E-state index is 0.00715. The minimum atomic E-state index is -0.158. The molecule has 136 valence electrons. The first-order chi connectivity index (χ1) is 12.4. The van der Waals surface area contributed by atoms with Crippen LogP contribution in [0.3, 0.4) is 0 Å². The highest BCUT2D eigenvalue weighted by Gasteiger charge is 2.26. The first kappa shape index (κ1) is 17.9. The van der Waals surface area contributed by atoms with Gasteiger partial charge in [-0.25, -0.2) is 4.98 Å². The van der Waals surface area contributed by atoms with E-state index in [-0.39, 0.29) is 11.9 Å². The van der Waals surface area contributed by atoms with Gasteiger partial charge < -0.3 is 10.2 Å². The predicted molar refractivity (Wildman–Crippen MR) is 99.1 cm³/mol. The maximum atomic E-state index is 12.5. The van der Waals surface area contributed by atoms with Gasteiger partial charge in [0.15, 0.2) is 0 Å². The van der Waals surface area contributed by atoms with E-state index in [1.54, 1.807) is 10.7 Å². The van der Waals surface area contributed by atoms with Crippen molar-refractivity contribution in [1.82, 2.24) is 20.1 Å².